The molecule has 2 aromatic rings. The molecule has 0 bridgehead atoms. The lowest BCUT2D eigenvalue weighted by Gasteiger charge is -2.04. The summed E-state index contributed by atoms with van der Waals surface area (Å²) in [5.41, 5.74) is 0.735. The summed E-state index contributed by atoms with van der Waals surface area (Å²) in [7, 11) is -2.93. The summed E-state index contributed by atoms with van der Waals surface area (Å²) in [5, 5.41) is 21.2. The highest BCUT2D eigenvalue weighted by atomic mass is 32.2. The van der Waals surface area contributed by atoms with E-state index >= 15 is 0 Å². The van der Waals surface area contributed by atoms with Crippen LogP contribution in [0.1, 0.15) is 6.42 Å². The van der Waals surface area contributed by atoms with Crippen LogP contribution in [0.2, 0.25) is 0 Å². The van der Waals surface area contributed by atoms with Gasteiger partial charge in [0.1, 0.15) is 15.6 Å². The standard InChI is InChI=1S/C11H14N4O3S2/c1-20(17,18)8-2-7-19-11-12-13-14-15(11)9-3-5-10(16)6-4-9/h3-6,16H,2,7-8H2,1H3. The molecule has 0 aliphatic heterocycles. The highest BCUT2D eigenvalue weighted by Gasteiger charge is 2.09. The van der Waals surface area contributed by atoms with Gasteiger partial charge in [0, 0.05) is 12.0 Å². The zero-order valence-electron chi connectivity index (χ0n) is 10.8. The lowest BCUT2D eigenvalue weighted by Crippen LogP contribution is -2.04. The third-order valence-electron chi connectivity index (χ3n) is 2.43. The Bertz CT molecular complexity index is 667. The van der Waals surface area contributed by atoms with E-state index in [1.165, 1.54) is 18.0 Å². The number of sulfone groups is 1. The van der Waals surface area contributed by atoms with Crippen LogP contribution in [0.5, 0.6) is 5.75 Å². The quantitative estimate of drug-likeness (QED) is 0.624. The van der Waals surface area contributed by atoms with Gasteiger partial charge in [0.2, 0.25) is 5.16 Å². The van der Waals surface area contributed by atoms with E-state index in [1.54, 1.807) is 28.9 Å². The number of phenolic OH excluding ortho intramolecular Hbond substituents is 1. The predicted octanol–water partition coefficient (Wildman–Crippen LogP) is 0.895. The molecular formula is C11H14N4O3S2. The third-order valence-corrected chi connectivity index (χ3v) is 4.46. The molecule has 1 aromatic heterocycles. The molecule has 0 atom stereocenters. The summed E-state index contributed by atoms with van der Waals surface area (Å²) in [6.45, 7) is 0. The van der Waals surface area contributed by atoms with Crippen LogP contribution in [0.3, 0.4) is 0 Å². The first-order chi connectivity index (χ1) is 9.46. The van der Waals surface area contributed by atoms with Crippen molar-refractivity contribution in [1.82, 2.24) is 20.2 Å². The Kier molecular flexibility index (Phi) is 4.61. The molecule has 7 nitrogen and oxygen atoms in total. The van der Waals surface area contributed by atoms with E-state index in [0.29, 0.717) is 17.3 Å². The van der Waals surface area contributed by atoms with Gasteiger partial charge < -0.3 is 5.11 Å². The number of phenols is 1. The number of rotatable bonds is 6. The lowest BCUT2D eigenvalue weighted by atomic mass is 10.3. The van der Waals surface area contributed by atoms with Crippen molar-refractivity contribution in [1.29, 1.82) is 0 Å². The minimum Gasteiger partial charge on any atom is -0.508 e. The summed E-state index contributed by atoms with van der Waals surface area (Å²) in [6, 6.07) is 6.50. The largest absolute Gasteiger partial charge is 0.508 e. The van der Waals surface area contributed by atoms with Crippen LogP contribution in [0, 0.1) is 0 Å². The number of aromatic hydroxyl groups is 1. The number of hydrogen-bond donors (Lipinski definition) is 1. The average molecular weight is 314 g/mol. The number of aromatic nitrogens is 4. The molecule has 2 rings (SSSR count). The number of hydrogen-bond acceptors (Lipinski definition) is 7. The SMILES string of the molecule is CS(=O)(=O)CCCSc1nnnn1-c1ccc(O)cc1. The van der Waals surface area contributed by atoms with Crippen LogP contribution < -0.4 is 0 Å². The molecule has 0 fully saturated rings. The van der Waals surface area contributed by atoms with Crippen LogP contribution in [0.4, 0.5) is 0 Å². The summed E-state index contributed by atoms with van der Waals surface area (Å²) in [6.07, 6.45) is 1.77. The monoisotopic (exact) mass is 314 g/mol. The lowest BCUT2D eigenvalue weighted by molar-refractivity contribution is 0.475. The van der Waals surface area contributed by atoms with Gasteiger partial charge in [0.25, 0.3) is 0 Å². The minimum absolute atomic E-state index is 0.154. The molecule has 0 saturated heterocycles. The van der Waals surface area contributed by atoms with Crippen molar-refractivity contribution in [3.05, 3.63) is 24.3 Å². The fraction of sp³-hybridized carbons (Fsp3) is 0.364. The van der Waals surface area contributed by atoms with E-state index < -0.39 is 9.84 Å². The van der Waals surface area contributed by atoms with E-state index in [0.717, 1.165) is 5.69 Å². The Morgan fingerprint density at radius 1 is 1.30 bits per heavy atom. The number of benzene rings is 1. The van der Waals surface area contributed by atoms with Gasteiger partial charge in [-0.05, 0) is 41.1 Å². The number of tetrazole rings is 1. The fourth-order valence-corrected chi connectivity index (χ4v) is 3.19. The van der Waals surface area contributed by atoms with E-state index in [1.807, 2.05) is 0 Å². The van der Waals surface area contributed by atoms with Crippen LogP contribution in [-0.2, 0) is 9.84 Å². The second-order valence-corrected chi connectivity index (χ2v) is 7.54. The highest BCUT2D eigenvalue weighted by Crippen LogP contribution is 2.20. The minimum atomic E-state index is -2.93. The zero-order valence-corrected chi connectivity index (χ0v) is 12.4. The van der Waals surface area contributed by atoms with Gasteiger partial charge in [-0.15, -0.1) is 5.10 Å². The van der Waals surface area contributed by atoms with Crippen molar-refractivity contribution in [2.75, 3.05) is 17.8 Å². The topological polar surface area (TPSA) is 98.0 Å². The Balaban J connectivity index is 2.00. The summed E-state index contributed by atoms with van der Waals surface area (Å²) in [4.78, 5) is 0. The first-order valence-electron chi connectivity index (χ1n) is 5.84. The molecule has 1 aromatic carbocycles. The number of thioether (sulfide) groups is 1. The molecule has 20 heavy (non-hydrogen) atoms. The molecule has 1 heterocycles. The van der Waals surface area contributed by atoms with Crippen molar-refractivity contribution < 1.29 is 13.5 Å². The molecule has 0 aliphatic carbocycles. The van der Waals surface area contributed by atoms with Gasteiger partial charge in [-0.3, -0.25) is 0 Å². The molecule has 0 unspecified atom stereocenters. The van der Waals surface area contributed by atoms with Crippen LogP contribution in [-0.4, -0.2) is 51.5 Å². The highest BCUT2D eigenvalue weighted by molar-refractivity contribution is 7.99. The maximum Gasteiger partial charge on any atom is 0.214 e. The first-order valence-corrected chi connectivity index (χ1v) is 8.88. The van der Waals surface area contributed by atoms with Crippen molar-refractivity contribution in [2.24, 2.45) is 0 Å². The predicted molar refractivity (Wildman–Crippen MR) is 75.9 cm³/mol. The molecule has 9 heteroatoms. The van der Waals surface area contributed by atoms with E-state index in [-0.39, 0.29) is 11.5 Å². The molecule has 0 radical (unpaired) electrons. The average Bonchev–Trinajstić information content (AvgIpc) is 2.83. The fourth-order valence-electron chi connectivity index (χ4n) is 1.51. The Morgan fingerprint density at radius 2 is 2.00 bits per heavy atom. The maximum atomic E-state index is 11.0. The normalized spacial score (nSPS) is 11.7. The summed E-state index contributed by atoms with van der Waals surface area (Å²) in [5.74, 6) is 0.941. The molecule has 1 N–H and O–H groups in total. The number of nitrogens with zero attached hydrogens (tertiary/aromatic N) is 4. The van der Waals surface area contributed by atoms with Crippen LogP contribution in [0.25, 0.3) is 5.69 Å². The van der Waals surface area contributed by atoms with Crippen molar-refractivity contribution in [3.63, 3.8) is 0 Å². The second-order valence-electron chi connectivity index (χ2n) is 4.22. The van der Waals surface area contributed by atoms with Gasteiger partial charge in [-0.1, -0.05) is 11.8 Å². The van der Waals surface area contributed by atoms with Crippen LogP contribution in [0.15, 0.2) is 29.4 Å². The smallest absolute Gasteiger partial charge is 0.214 e. The van der Waals surface area contributed by atoms with Crippen molar-refractivity contribution >= 4 is 21.6 Å². The Hall–Kier alpha value is -1.61. The van der Waals surface area contributed by atoms with E-state index in [9.17, 15) is 13.5 Å². The molecule has 0 amide bonds. The van der Waals surface area contributed by atoms with Crippen molar-refractivity contribution in [2.45, 2.75) is 11.6 Å². The summed E-state index contributed by atoms with van der Waals surface area (Å²) >= 11 is 1.39. The zero-order chi connectivity index (χ0) is 14.6. The second kappa shape index (κ2) is 6.23. The van der Waals surface area contributed by atoms with Gasteiger partial charge in [0.05, 0.1) is 11.4 Å². The third kappa shape index (κ3) is 4.20. The van der Waals surface area contributed by atoms with Gasteiger partial charge >= 0.3 is 0 Å². The first kappa shape index (κ1) is 14.8. The van der Waals surface area contributed by atoms with E-state index in [2.05, 4.69) is 15.5 Å². The van der Waals surface area contributed by atoms with Gasteiger partial charge in [-0.2, -0.15) is 4.68 Å². The summed E-state index contributed by atoms with van der Waals surface area (Å²) < 4.78 is 23.6. The van der Waals surface area contributed by atoms with E-state index in [4.69, 9.17) is 0 Å². The Labute approximate surface area is 120 Å². The molecular weight excluding hydrogens is 300 g/mol. The molecule has 0 spiro atoms. The van der Waals surface area contributed by atoms with Gasteiger partial charge in [0.15, 0.2) is 0 Å². The van der Waals surface area contributed by atoms with Crippen molar-refractivity contribution in [3.8, 4) is 11.4 Å². The molecule has 0 aliphatic rings. The maximum absolute atomic E-state index is 11.0. The Morgan fingerprint density at radius 3 is 2.65 bits per heavy atom. The van der Waals surface area contributed by atoms with Crippen LogP contribution >= 0.6 is 11.8 Å². The van der Waals surface area contributed by atoms with Gasteiger partial charge in [-0.25, -0.2) is 8.42 Å². The molecule has 0 saturated carbocycles. The molecule has 108 valence electrons.